The number of likely N-dealkylation sites (tertiary alicyclic amines) is 1. The summed E-state index contributed by atoms with van der Waals surface area (Å²) in [4.78, 5) is 14.9. The minimum Gasteiger partial charge on any atom is -0.336 e. The number of sulfonamides is 1. The molecule has 0 radical (unpaired) electrons. The van der Waals surface area contributed by atoms with Crippen molar-refractivity contribution in [1.29, 1.82) is 0 Å². The zero-order valence-electron chi connectivity index (χ0n) is 14.9. The molecule has 1 atom stereocenters. The second-order valence-corrected chi connectivity index (χ2v) is 8.52. The minimum atomic E-state index is -3.36. The lowest BCUT2D eigenvalue weighted by molar-refractivity contribution is 0.0730. The molecule has 0 bridgehead atoms. The van der Waals surface area contributed by atoms with Gasteiger partial charge in [-0.05, 0) is 49.4 Å². The normalized spacial score (nSPS) is 17.3. The van der Waals surface area contributed by atoms with E-state index in [1.807, 2.05) is 23.1 Å². The van der Waals surface area contributed by atoms with Crippen molar-refractivity contribution in [3.63, 3.8) is 0 Å². The van der Waals surface area contributed by atoms with E-state index in [0.717, 1.165) is 38.5 Å². The maximum atomic E-state index is 12.9. The molecule has 2 aromatic carbocycles. The van der Waals surface area contributed by atoms with Crippen LogP contribution in [0.3, 0.4) is 0 Å². The number of carbonyl (C=O) groups excluding carboxylic acids is 1. The van der Waals surface area contributed by atoms with Gasteiger partial charge in [0.2, 0.25) is 10.0 Å². The van der Waals surface area contributed by atoms with Gasteiger partial charge in [-0.1, -0.05) is 36.4 Å². The molecule has 0 aromatic heterocycles. The third kappa shape index (κ3) is 4.85. The standard InChI is InChI=1S/C20H24N2O3S/c1-26(24,25)21-18-10-5-9-17(15-18)20(23)22-14-6-11-19(22)13-12-16-7-3-2-4-8-16/h2-5,7-10,15,19,21H,6,11-14H2,1H3/t19-/m0/s1. The van der Waals surface area contributed by atoms with E-state index in [-0.39, 0.29) is 11.9 Å². The van der Waals surface area contributed by atoms with E-state index in [1.165, 1.54) is 5.56 Å². The number of anilines is 1. The van der Waals surface area contributed by atoms with Crippen molar-refractivity contribution < 1.29 is 13.2 Å². The highest BCUT2D eigenvalue weighted by Gasteiger charge is 2.29. The van der Waals surface area contributed by atoms with Gasteiger partial charge in [-0.15, -0.1) is 0 Å². The highest BCUT2D eigenvalue weighted by molar-refractivity contribution is 7.92. The summed E-state index contributed by atoms with van der Waals surface area (Å²) in [5, 5.41) is 0. The molecule has 1 saturated heterocycles. The zero-order chi connectivity index (χ0) is 18.6. The number of hydrogen-bond donors (Lipinski definition) is 1. The molecule has 2 aromatic rings. The number of amides is 1. The maximum absolute atomic E-state index is 12.9. The topological polar surface area (TPSA) is 66.5 Å². The van der Waals surface area contributed by atoms with Gasteiger partial charge in [-0.2, -0.15) is 0 Å². The summed E-state index contributed by atoms with van der Waals surface area (Å²) >= 11 is 0. The molecule has 0 unspecified atom stereocenters. The van der Waals surface area contributed by atoms with Crippen LogP contribution in [0.2, 0.25) is 0 Å². The van der Waals surface area contributed by atoms with Crippen molar-refractivity contribution in [2.75, 3.05) is 17.5 Å². The second kappa shape index (κ2) is 7.91. The van der Waals surface area contributed by atoms with Crippen molar-refractivity contribution >= 4 is 21.6 Å². The molecule has 0 aliphatic carbocycles. The van der Waals surface area contributed by atoms with Crippen LogP contribution in [0.15, 0.2) is 54.6 Å². The number of benzene rings is 2. The Balaban J connectivity index is 1.69. The molecule has 3 rings (SSSR count). The minimum absolute atomic E-state index is 0.0299. The molecule has 0 saturated carbocycles. The third-order valence-corrected chi connectivity index (χ3v) is 5.27. The number of nitrogens with one attached hydrogen (secondary N) is 1. The summed E-state index contributed by atoms with van der Waals surface area (Å²) in [6, 6.07) is 17.2. The molecule has 0 spiro atoms. The highest BCUT2D eigenvalue weighted by Crippen LogP contribution is 2.25. The lowest BCUT2D eigenvalue weighted by atomic mass is 10.0. The lowest BCUT2D eigenvalue weighted by Gasteiger charge is -2.25. The van der Waals surface area contributed by atoms with E-state index < -0.39 is 10.0 Å². The van der Waals surface area contributed by atoms with E-state index in [9.17, 15) is 13.2 Å². The SMILES string of the molecule is CS(=O)(=O)Nc1cccc(C(=O)N2CCC[C@H]2CCc2ccccc2)c1. The van der Waals surface area contributed by atoms with Crippen LogP contribution in [0, 0.1) is 0 Å². The molecule has 138 valence electrons. The van der Waals surface area contributed by atoms with Crippen LogP contribution in [-0.2, 0) is 16.4 Å². The van der Waals surface area contributed by atoms with Crippen molar-refractivity contribution in [3.8, 4) is 0 Å². The predicted octanol–water partition coefficient (Wildman–Crippen LogP) is 3.30. The van der Waals surface area contributed by atoms with Gasteiger partial charge in [0.15, 0.2) is 0 Å². The molecular formula is C20H24N2O3S. The maximum Gasteiger partial charge on any atom is 0.254 e. The van der Waals surface area contributed by atoms with E-state index >= 15 is 0 Å². The number of aryl methyl sites for hydroxylation is 1. The van der Waals surface area contributed by atoms with Gasteiger partial charge in [0.1, 0.15) is 0 Å². The fourth-order valence-electron chi connectivity index (χ4n) is 3.48. The summed E-state index contributed by atoms with van der Waals surface area (Å²) < 4.78 is 25.2. The first-order valence-electron chi connectivity index (χ1n) is 8.85. The van der Waals surface area contributed by atoms with E-state index in [2.05, 4.69) is 16.9 Å². The van der Waals surface area contributed by atoms with Crippen molar-refractivity contribution in [3.05, 3.63) is 65.7 Å². The lowest BCUT2D eigenvalue weighted by Crippen LogP contribution is -2.35. The number of hydrogen-bond acceptors (Lipinski definition) is 3. The van der Waals surface area contributed by atoms with Gasteiger partial charge in [0, 0.05) is 23.8 Å². The fraction of sp³-hybridized carbons (Fsp3) is 0.350. The van der Waals surface area contributed by atoms with Crippen LogP contribution in [0.1, 0.15) is 35.2 Å². The first-order valence-corrected chi connectivity index (χ1v) is 10.7. The Morgan fingerprint density at radius 3 is 2.65 bits per heavy atom. The Morgan fingerprint density at radius 2 is 1.92 bits per heavy atom. The number of nitrogens with zero attached hydrogens (tertiary/aromatic N) is 1. The summed E-state index contributed by atoms with van der Waals surface area (Å²) in [6.45, 7) is 0.752. The van der Waals surface area contributed by atoms with Crippen LogP contribution in [0.4, 0.5) is 5.69 Å². The summed E-state index contributed by atoms with van der Waals surface area (Å²) in [5.41, 5.74) is 2.22. The molecule has 26 heavy (non-hydrogen) atoms. The van der Waals surface area contributed by atoms with Crippen LogP contribution >= 0.6 is 0 Å². The third-order valence-electron chi connectivity index (χ3n) is 4.66. The molecule has 1 aliphatic rings. The van der Waals surface area contributed by atoms with Crippen LogP contribution in [0.5, 0.6) is 0 Å². The Bertz CT molecular complexity index is 866. The monoisotopic (exact) mass is 372 g/mol. The molecule has 1 aliphatic heterocycles. The zero-order valence-corrected chi connectivity index (χ0v) is 15.7. The Kier molecular flexibility index (Phi) is 5.61. The van der Waals surface area contributed by atoms with Crippen molar-refractivity contribution in [2.24, 2.45) is 0 Å². The van der Waals surface area contributed by atoms with Gasteiger partial charge < -0.3 is 4.90 Å². The van der Waals surface area contributed by atoms with E-state index in [1.54, 1.807) is 24.3 Å². The number of carbonyl (C=O) groups is 1. The first kappa shape index (κ1) is 18.5. The quantitative estimate of drug-likeness (QED) is 0.846. The Labute approximate surface area is 155 Å². The predicted molar refractivity (Wildman–Crippen MR) is 104 cm³/mol. The first-order chi connectivity index (χ1) is 12.4. The van der Waals surface area contributed by atoms with Gasteiger partial charge in [0.25, 0.3) is 5.91 Å². The van der Waals surface area contributed by atoms with Crippen molar-refractivity contribution in [2.45, 2.75) is 31.7 Å². The van der Waals surface area contributed by atoms with E-state index in [0.29, 0.717) is 11.3 Å². The van der Waals surface area contributed by atoms with Crippen LogP contribution in [-0.4, -0.2) is 38.1 Å². The average Bonchev–Trinajstić information content (AvgIpc) is 3.07. The summed E-state index contributed by atoms with van der Waals surface area (Å²) in [6.07, 6.45) is 5.01. The van der Waals surface area contributed by atoms with Gasteiger partial charge in [0.05, 0.1) is 6.26 Å². The van der Waals surface area contributed by atoms with Crippen LogP contribution < -0.4 is 4.72 Å². The van der Waals surface area contributed by atoms with Crippen LogP contribution in [0.25, 0.3) is 0 Å². The molecule has 5 nitrogen and oxygen atoms in total. The fourth-order valence-corrected chi connectivity index (χ4v) is 4.03. The molecule has 6 heteroatoms. The van der Waals surface area contributed by atoms with Gasteiger partial charge in [-0.25, -0.2) is 8.42 Å². The highest BCUT2D eigenvalue weighted by atomic mass is 32.2. The summed E-state index contributed by atoms with van der Waals surface area (Å²) in [7, 11) is -3.36. The number of rotatable bonds is 6. The summed E-state index contributed by atoms with van der Waals surface area (Å²) in [5.74, 6) is -0.0299. The molecule has 1 amide bonds. The smallest absolute Gasteiger partial charge is 0.254 e. The molecule has 1 fully saturated rings. The molecule has 1 N–H and O–H groups in total. The Morgan fingerprint density at radius 1 is 1.15 bits per heavy atom. The van der Waals surface area contributed by atoms with Crippen molar-refractivity contribution in [1.82, 2.24) is 4.90 Å². The van der Waals surface area contributed by atoms with Gasteiger partial charge in [-0.3, -0.25) is 9.52 Å². The Hall–Kier alpha value is -2.34. The molecule has 1 heterocycles. The molecular weight excluding hydrogens is 348 g/mol. The second-order valence-electron chi connectivity index (χ2n) is 6.77. The van der Waals surface area contributed by atoms with Gasteiger partial charge >= 0.3 is 0 Å². The average molecular weight is 372 g/mol. The largest absolute Gasteiger partial charge is 0.336 e. The van der Waals surface area contributed by atoms with E-state index in [4.69, 9.17) is 0 Å².